The van der Waals surface area contributed by atoms with Gasteiger partial charge in [-0.25, -0.2) is 0 Å². The van der Waals surface area contributed by atoms with Crippen molar-refractivity contribution in [1.82, 2.24) is 0 Å². The lowest BCUT2D eigenvalue weighted by Gasteiger charge is -2.13. The summed E-state index contributed by atoms with van der Waals surface area (Å²) in [6.45, 7) is 2.67. The minimum Gasteiger partial charge on any atom is -0.461 e. The summed E-state index contributed by atoms with van der Waals surface area (Å²) in [6, 6.07) is 6.51. The SMILES string of the molecule is CC(=O)Oc1ccc(CC(=O)OCC(C)OC(=O)CN)cc1. The molecule has 0 amide bonds. The third-order valence-corrected chi connectivity index (χ3v) is 2.51. The van der Waals surface area contributed by atoms with Crippen molar-refractivity contribution in [3.63, 3.8) is 0 Å². The lowest BCUT2D eigenvalue weighted by molar-refractivity contribution is -0.156. The second kappa shape index (κ2) is 8.78. The fraction of sp³-hybridized carbons (Fsp3) is 0.400. The Morgan fingerprint density at radius 1 is 1.14 bits per heavy atom. The standard InChI is InChI=1S/C15H19NO6/c1-10(21-15(19)8-16)9-20-14(18)7-12-3-5-13(6-4-12)22-11(2)17/h3-6,10H,7-9,16H2,1-2H3. The highest BCUT2D eigenvalue weighted by molar-refractivity contribution is 5.73. The first-order valence-electron chi connectivity index (χ1n) is 6.73. The first-order chi connectivity index (χ1) is 10.4. The topological polar surface area (TPSA) is 105 Å². The van der Waals surface area contributed by atoms with Gasteiger partial charge in [0.2, 0.25) is 0 Å². The minimum absolute atomic E-state index is 0.0316. The number of benzene rings is 1. The molecule has 1 unspecified atom stereocenters. The maximum Gasteiger partial charge on any atom is 0.320 e. The van der Waals surface area contributed by atoms with Gasteiger partial charge in [-0.3, -0.25) is 14.4 Å². The maximum absolute atomic E-state index is 11.7. The fourth-order valence-electron chi connectivity index (χ4n) is 1.58. The molecule has 2 N–H and O–H groups in total. The van der Waals surface area contributed by atoms with Crippen LogP contribution in [0.25, 0.3) is 0 Å². The second-order valence-electron chi connectivity index (χ2n) is 4.60. The minimum atomic E-state index is -0.551. The molecule has 1 atom stereocenters. The maximum atomic E-state index is 11.7. The van der Waals surface area contributed by atoms with E-state index in [4.69, 9.17) is 19.9 Å². The van der Waals surface area contributed by atoms with E-state index in [9.17, 15) is 14.4 Å². The van der Waals surface area contributed by atoms with E-state index in [1.54, 1.807) is 31.2 Å². The van der Waals surface area contributed by atoms with Crippen LogP contribution >= 0.6 is 0 Å². The van der Waals surface area contributed by atoms with Crippen molar-refractivity contribution in [3.8, 4) is 5.75 Å². The summed E-state index contributed by atoms with van der Waals surface area (Å²) in [6.07, 6.45) is -0.482. The van der Waals surface area contributed by atoms with Crippen molar-refractivity contribution >= 4 is 17.9 Å². The molecule has 1 rings (SSSR count). The Balaban J connectivity index is 2.38. The Bertz CT molecular complexity index is 525. The normalized spacial score (nSPS) is 11.4. The molecular weight excluding hydrogens is 290 g/mol. The van der Waals surface area contributed by atoms with Gasteiger partial charge in [0.25, 0.3) is 0 Å². The quantitative estimate of drug-likeness (QED) is 0.580. The zero-order valence-electron chi connectivity index (χ0n) is 12.5. The molecule has 0 aliphatic heterocycles. The molecule has 0 spiro atoms. The van der Waals surface area contributed by atoms with Crippen molar-refractivity contribution in [2.45, 2.75) is 26.4 Å². The first-order valence-corrected chi connectivity index (χ1v) is 6.73. The zero-order chi connectivity index (χ0) is 16.5. The van der Waals surface area contributed by atoms with Gasteiger partial charge < -0.3 is 19.9 Å². The largest absolute Gasteiger partial charge is 0.461 e. The van der Waals surface area contributed by atoms with Gasteiger partial charge in [-0.15, -0.1) is 0 Å². The van der Waals surface area contributed by atoms with Crippen LogP contribution < -0.4 is 10.5 Å². The van der Waals surface area contributed by atoms with Crippen LogP contribution in [0.1, 0.15) is 19.4 Å². The average Bonchev–Trinajstić information content (AvgIpc) is 2.46. The molecule has 1 aromatic rings. The van der Waals surface area contributed by atoms with Gasteiger partial charge in [0.05, 0.1) is 13.0 Å². The van der Waals surface area contributed by atoms with Crippen LogP contribution in [-0.4, -0.2) is 37.2 Å². The van der Waals surface area contributed by atoms with Crippen LogP contribution in [-0.2, 0) is 30.3 Å². The molecule has 0 aliphatic carbocycles. The molecule has 0 radical (unpaired) electrons. The fourth-order valence-corrected chi connectivity index (χ4v) is 1.58. The van der Waals surface area contributed by atoms with Gasteiger partial charge in [-0.2, -0.15) is 0 Å². The monoisotopic (exact) mass is 309 g/mol. The summed E-state index contributed by atoms with van der Waals surface area (Å²) >= 11 is 0. The highest BCUT2D eigenvalue weighted by atomic mass is 16.6. The van der Waals surface area contributed by atoms with Gasteiger partial charge in [-0.05, 0) is 24.6 Å². The van der Waals surface area contributed by atoms with Crippen molar-refractivity contribution in [3.05, 3.63) is 29.8 Å². The molecule has 1 aromatic carbocycles. The predicted octanol–water partition coefficient (Wildman–Crippen LogP) is 0.588. The summed E-state index contributed by atoms with van der Waals surface area (Å²) in [5, 5.41) is 0. The Morgan fingerprint density at radius 2 is 1.77 bits per heavy atom. The van der Waals surface area contributed by atoms with Crippen LogP contribution in [0.3, 0.4) is 0 Å². The highest BCUT2D eigenvalue weighted by Crippen LogP contribution is 2.13. The number of ether oxygens (including phenoxy) is 3. The lowest BCUT2D eigenvalue weighted by atomic mass is 10.1. The van der Waals surface area contributed by atoms with Crippen molar-refractivity contribution in [2.75, 3.05) is 13.2 Å². The Hall–Kier alpha value is -2.41. The summed E-state index contributed by atoms with van der Waals surface area (Å²) in [5.74, 6) is -0.999. The lowest BCUT2D eigenvalue weighted by Crippen LogP contribution is -2.26. The predicted molar refractivity (Wildman–Crippen MR) is 77.0 cm³/mol. The van der Waals surface area contributed by atoms with Gasteiger partial charge in [0, 0.05) is 6.92 Å². The molecule has 0 aromatic heterocycles. The van der Waals surface area contributed by atoms with Gasteiger partial charge in [0.15, 0.2) is 0 Å². The van der Waals surface area contributed by atoms with Gasteiger partial charge in [-0.1, -0.05) is 12.1 Å². The summed E-state index contributed by atoms with van der Waals surface area (Å²) in [4.78, 5) is 33.4. The summed E-state index contributed by atoms with van der Waals surface area (Å²) < 4.78 is 14.8. The van der Waals surface area contributed by atoms with Gasteiger partial charge in [0.1, 0.15) is 18.5 Å². The molecule has 7 heteroatoms. The molecule has 120 valence electrons. The van der Waals surface area contributed by atoms with Crippen molar-refractivity contribution < 1.29 is 28.6 Å². The van der Waals surface area contributed by atoms with E-state index in [1.807, 2.05) is 0 Å². The smallest absolute Gasteiger partial charge is 0.320 e. The van der Waals surface area contributed by atoms with Gasteiger partial charge >= 0.3 is 17.9 Å². The molecule has 0 aliphatic rings. The van der Waals surface area contributed by atoms with E-state index in [-0.39, 0.29) is 19.6 Å². The van der Waals surface area contributed by atoms with Crippen molar-refractivity contribution in [1.29, 1.82) is 0 Å². The molecule has 0 heterocycles. The Kier molecular flexibility index (Phi) is 7.04. The highest BCUT2D eigenvalue weighted by Gasteiger charge is 2.11. The summed E-state index contributed by atoms with van der Waals surface area (Å²) in [7, 11) is 0. The number of esters is 3. The molecule has 22 heavy (non-hydrogen) atoms. The van der Waals surface area contributed by atoms with E-state index >= 15 is 0 Å². The number of hydrogen-bond acceptors (Lipinski definition) is 7. The molecule has 0 saturated heterocycles. The van der Waals surface area contributed by atoms with Crippen LogP contribution in [0, 0.1) is 0 Å². The van der Waals surface area contributed by atoms with Crippen LogP contribution in [0.15, 0.2) is 24.3 Å². The number of carbonyl (C=O) groups is 3. The van der Waals surface area contributed by atoms with Crippen LogP contribution in [0.2, 0.25) is 0 Å². The molecule has 7 nitrogen and oxygen atoms in total. The van der Waals surface area contributed by atoms with E-state index < -0.39 is 24.0 Å². The zero-order valence-corrected chi connectivity index (χ0v) is 12.5. The number of carbonyl (C=O) groups excluding carboxylic acids is 3. The third kappa shape index (κ3) is 6.85. The van der Waals surface area contributed by atoms with Crippen molar-refractivity contribution in [2.24, 2.45) is 5.73 Å². The third-order valence-electron chi connectivity index (χ3n) is 2.51. The number of hydrogen-bond donors (Lipinski definition) is 1. The Morgan fingerprint density at radius 3 is 2.32 bits per heavy atom. The van der Waals surface area contributed by atoms with Crippen LogP contribution in [0.5, 0.6) is 5.75 Å². The molecule has 0 bridgehead atoms. The van der Waals surface area contributed by atoms with E-state index in [0.717, 1.165) is 0 Å². The van der Waals surface area contributed by atoms with E-state index in [1.165, 1.54) is 6.92 Å². The number of rotatable bonds is 7. The van der Waals surface area contributed by atoms with E-state index in [0.29, 0.717) is 11.3 Å². The summed E-state index contributed by atoms with van der Waals surface area (Å²) in [5.41, 5.74) is 5.82. The average molecular weight is 309 g/mol. The van der Waals surface area contributed by atoms with Crippen LogP contribution in [0.4, 0.5) is 0 Å². The molecular formula is C15H19NO6. The molecule has 0 fully saturated rings. The molecule has 0 saturated carbocycles. The first kappa shape index (κ1) is 17.6. The Labute approximate surface area is 128 Å². The number of nitrogens with two attached hydrogens (primary N) is 1. The second-order valence-corrected chi connectivity index (χ2v) is 4.60. The van der Waals surface area contributed by atoms with E-state index in [2.05, 4.69) is 0 Å².